The first kappa shape index (κ1) is 16.1. The van der Waals surface area contributed by atoms with Gasteiger partial charge in [0.05, 0.1) is 5.69 Å². The number of aryl methyl sites for hydroxylation is 1. The second kappa shape index (κ2) is 7.64. The van der Waals surface area contributed by atoms with Gasteiger partial charge in [-0.2, -0.15) is 0 Å². The van der Waals surface area contributed by atoms with Crippen LogP contribution >= 0.6 is 0 Å². The van der Waals surface area contributed by atoms with Crippen LogP contribution in [0.15, 0.2) is 72.8 Å². The highest BCUT2D eigenvalue weighted by Crippen LogP contribution is 2.22. The van der Waals surface area contributed by atoms with Crippen molar-refractivity contribution in [2.75, 3.05) is 5.32 Å². The first-order chi connectivity index (χ1) is 11.7. The molecule has 1 atom stereocenters. The summed E-state index contributed by atoms with van der Waals surface area (Å²) in [5.74, 6) is 0. The van der Waals surface area contributed by atoms with Crippen LogP contribution in [-0.4, -0.2) is 12.1 Å². The van der Waals surface area contributed by atoms with Gasteiger partial charge in [0.1, 0.15) is 0 Å². The minimum absolute atomic E-state index is 0.111. The smallest absolute Gasteiger partial charge is 0.319 e. The number of carbonyl (C=O) groups is 1. The van der Waals surface area contributed by atoms with E-state index in [9.17, 15) is 4.79 Å². The van der Waals surface area contributed by atoms with Crippen molar-refractivity contribution in [3.63, 3.8) is 0 Å². The number of rotatable bonds is 5. The number of carbonyl (C=O) groups excluding carboxylic acids is 1. The van der Waals surface area contributed by atoms with Gasteiger partial charge >= 0.3 is 6.03 Å². The van der Waals surface area contributed by atoms with Crippen LogP contribution in [0.1, 0.15) is 18.9 Å². The standard InChI is InChI=1S/C21H22N2O/c1-16(14-15-17-8-3-2-4-9-17)22-21(24)23-20-13-7-11-18-10-5-6-12-19(18)20/h2-13,16H,14-15H2,1H3,(H2,22,23,24)/t16-/m0/s1. The molecule has 2 amide bonds. The van der Waals surface area contributed by atoms with E-state index in [0.29, 0.717) is 0 Å². The Hall–Kier alpha value is -2.81. The average molecular weight is 318 g/mol. The van der Waals surface area contributed by atoms with Crippen LogP contribution in [0.2, 0.25) is 0 Å². The van der Waals surface area contributed by atoms with Gasteiger partial charge in [-0.05, 0) is 36.8 Å². The highest BCUT2D eigenvalue weighted by Gasteiger charge is 2.09. The lowest BCUT2D eigenvalue weighted by Gasteiger charge is -2.15. The zero-order valence-electron chi connectivity index (χ0n) is 13.8. The van der Waals surface area contributed by atoms with Crippen molar-refractivity contribution >= 4 is 22.5 Å². The molecule has 0 unspecified atom stereocenters. The van der Waals surface area contributed by atoms with Crippen LogP contribution < -0.4 is 10.6 Å². The van der Waals surface area contributed by atoms with E-state index >= 15 is 0 Å². The van der Waals surface area contributed by atoms with Gasteiger partial charge in [-0.3, -0.25) is 0 Å². The number of nitrogens with one attached hydrogen (secondary N) is 2. The molecule has 0 bridgehead atoms. The molecule has 0 spiro atoms. The fraction of sp³-hybridized carbons (Fsp3) is 0.190. The van der Waals surface area contributed by atoms with E-state index < -0.39 is 0 Å². The summed E-state index contributed by atoms with van der Waals surface area (Å²) >= 11 is 0. The molecule has 0 saturated carbocycles. The minimum atomic E-state index is -0.160. The molecule has 24 heavy (non-hydrogen) atoms. The van der Waals surface area contributed by atoms with E-state index in [1.54, 1.807) is 0 Å². The Kier molecular flexibility index (Phi) is 5.12. The molecule has 0 saturated heterocycles. The van der Waals surface area contributed by atoms with Crippen LogP contribution in [0.3, 0.4) is 0 Å². The number of benzene rings is 3. The number of hydrogen-bond acceptors (Lipinski definition) is 1. The van der Waals surface area contributed by atoms with Crippen LogP contribution in [0.5, 0.6) is 0 Å². The van der Waals surface area contributed by atoms with Gasteiger partial charge in [0.2, 0.25) is 0 Å². The normalized spacial score (nSPS) is 11.9. The van der Waals surface area contributed by atoms with Crippen LogP contribution in [0.4, 0.5) is 10.5 Å². The molecule has 0 radical (unpaired) electrons. The van der Waals surface area contributed by atoms with Gasteiger partial charge < -0.3 is 10.6 Å². The van der Waals surface area contributed by atoms with Crippen molar-refractivity contribution in [3.05, 3.63) is 78.4 Å². The number of hydrogen-bond donors (Lipinski definition) is 2. The zero-order valence-corrected chi connectivity index (χ0v) is 13.8. The third kappa shape index (κ3) is 4.13. The lowest BCUT2D eigenvalue weighted by molar-refractivity contribution is 0.248. The third-order valence-corrected chi connectivity index (χ3v) is 4.12. The lowest BCUT2D eigenvalue weighted by Crippen LogP contribution is -2.36. The van der Waals surface area contributed by atoms with E-state index in [2.05, 4.69) is 22.8 Å². The average Bonchev–Trinajstić information content (AvgIpc) is 2.61. The first-order valence-electron chi connectivity index (χ1n) is 8.31. The van der Waals surface area contributed by atoms with Crippen LogP contribution in [0.25, 0.3) is 10.8 Å². The topological polar surface area (TPSA) is 41.1 Å². The fourth-order valence-electron chi connectivity index (χ4n) is 2.82. The molecule has 3 nitrogen and oxygen atoms in total. The van der Waals surface area contributed by atoms with Gasteiger partial charge in [0.15, 0.2) is 0 Å². The summed E-state index contributed by atoms with van der Waals surface area (Å²) in [4.78, 5) is 12.3. The van der Waals surface area contributed by atoms with Crippen LogP contribution in [0, 0.1) is 0 Å². The Labute approximate surface area is 142 Å². The van der Waals surface area contributed by atoms with Crippen molar-refractivity contribution < 1.29 is 4.79 Å². The highest BCUT2D eigenvalue weighted by molar-refractivity contribution is 6.01. The molecule has 0 aliphatic heterocycles. The fourth-order valence-corrected chi connectivity index (χ4v) is 2.82. The van der Waals surface area contributed by atoms with Gasteiger partial charge in [-0.25, -0.2) is 4.79 Å². The van der Waals surface area contributed by atoms with Gasteiger partial charge in [-0.1, -0.05) is 66.7 Å². The number of urea groups is 1. The summed E-state index contributed by atoms with van der Waals surface area (Å²) < 4.78 is 0. The van der Waals surface area contributed by atoms with Crippen molar-refractivity contribution in [2.45, 2.75) is 25.8 Å². The van der Waals surface area contributed by atoms with Crippen molar-refractivity contribution in [3.8, 4) is 0 Å². The lowest BCUT2D eigenvalue weighted by atomic mass is 10.1. The molecule has 3 aromatic rings. The molecule has 0 aromatic heterocycles. The van der Waals surface area contributed by atoms with Crippen LogP contribution in [-0.2, 0) is 6.42 Å². The molecule has 0 aliphatic carbocycles. The number of anilines is 1. The molecule has 2 N–H and O–H groups in total. The highest BCUT2D eigenvalue weighted by atomic mass is 16.2. The van der Waals surface area contributed by atoms with Crippen molar-refractivity contribution in [1.29, 1.82) is 0 Å². The predicted molar refractivity (Wildman–Crippen MR) is 100 cm³/mol. The summed E-state index contributed by atoms with van der Waals surface area (Å²) in [6.07, 6.45) is 1.86. The van der Waals surface area contributed by atoms with Gasteiger partial charge in [0.25, 0.3) is 0 Å². The Morgan fingerprint density at radius 3 is 2.46 bits per heavy atom. The second-order valence-electron chi connectivity index (χ2n) is 6.05. The molecule has 0 fully saturated rings. The van der Waals surface area contributed by atoms with E-state index in [1.807, 2.05) is 67.6 Å². The molecule has 0 heterocycles. The minimum Gasteiger partial charge on any atom is -0.335 e. The maximum absolute atomic E-state index is 12.3. The van der Waals surface area contributed by atoms with Crippen molar-refractivity contribution in [2.24, 2.45) is 0 Å². The number of amides is 2. The molecule has 3 rings (SSSR count). The Bertz CT molecular complexity index is 809. The monoisotopic (exact) mass is 318 g/mol. The molecular formula is C21H22N2O. The third-order valence-electron chi connectivity index (χ3n) is 4.12. The van der Waals surface area contributed by atoms with Gasteiger partial charge in [-0.15, -0.1) is 0 Å². The molecule has 122 valence electrons. The van der Waals surface area contributed by atoms with E-state index in [4.69, 9.17) is 0 Å². The second-order valence-corrected chi connectivity index (χ2v) is 6.05. The summed E-state index contributed by atoms with van der Waals surface area (Å²) in [5, 5.41) is 8.14. The maximum atomic E-state index is 12.3. The molecule has 3 heteroatoms. The number of fused-ring (bicyclic) bond motifs is 1. The molecule has 0 aliphatic rings. The first-order valence-corrected chi connectivity index (χ1v) is 8.31. The van der Waals surface area contributed by atoms with E-state index in [-0.39, 0.29) is 12.1 Å². The van der Waals surface area contributed by atoms with Crippen molar-refractivity contribution in [1.82, 2.24) is 5.32 Å². The summed E-state index contributed by atoms with van der Waals surface area (Å²) in [6.45, 7) is 2.03. The Morgan fingerprint density at radius 1 is 0.917 bits per heavy atom. The Morgan fingerprint density at radius 2 is 1.62 bits per heavy atom. The summed E-state index contributed by atoms with van der Waals surface area (Å²) in [5.41, 5.74) is 2.13. The van der Waals surface area contributed by atoms with Gasteiger partial charge in [0, 0.05) is 11.4 Å². The maximum Gasteiger partial charge on any atom is 0.319 e. The zero-order chi connectivity index (χ0) is 16.8. The van der Waals surface area contributed by atoms with E-state index in [0.717, 1.165) is 29.3 Å². The predicted octanol–water partition coefficient (Wildman–Crippen LogP) is 4.98. The largest absolute Gasteiger partial charge is 0.335 e. The molecular weight excluding hydrogens is 296 g/mol. The quantitative estimate of drug-likeness (QED) is 0.684. The summed E-state index contributed by atoms with van der Waals surface area (Å²) in [7, 11) is 0. The van der Waals surface area contributed by atoms with E-state index in [1.165, 1.54) is 5.56 Å². The Balaban J connectivity index is 1.56. The SMILES string of the molecule is C[C@@H](CCc1ccccc1)NC(=O)Nc1cccc2ccccc12. The summed E-state index contributed by atoms with van der Waals surface area (Å²) in [6, 6.07) is 24.2. The molecule has 3 aromatic carbocycles.